The molecule has 1 aromatic carbocycles. The van der Waals surface area contributed by atoms with Crippen LogP contribution in [-0.4, -0.2) is 60.4 Å². The summed E-state index contributed by atoms with van der Waals surface area (Å²) >= 11 is 3.30. The van der Waals surface area contributed by atoms with E-state index in [2.05, 4.69) is 25.7 Å². The minimum Gasteiger partial charge on any atom is -0.496 e. The van der Waals surface area contributed by atoms with E-state index in [1.807, 2.05) is 0 Å². The number of nitrogens with zero attached hydrogens (tertiary/aromatic N) is 1. The lowest BCUT2D eigenvalue weighted by Crippen LogP contribution is -2.56. The Labute approximate surface area is 177 Å². The van der Waals surface area contributed by atoms with E-state index in [0.717, 1.165) is 0 Å². The third kappa shape index (κ3) is 3.32. The Bertz CT molecular complexity index is 1010. The molecule has 1 aliphatic heterocycles. The quantitative estimate of drug-likeness (QED) is 0.509. The van der Waals surface area contributed by atoms with Gasteiger partial charge in [-0.3, -0.25) is 4.79 Å². The number of ether oxygens (including phenoxy) is 2. The predicted octanol–water partition coefficient (Wildman–Crippen LogP) is 4.23. The first-order chi connectivity index (χ1) is 13.9. The number of aromatic nitrogens is 1. The number of carbonyl (C=O) groups excluding carboxylic acids is 2. The van der Waals surface area contributed by atoms with Gasteiger partial charge in [-0.05, 0) is 32.0 Å². The van der Waals surface area contributed by atoms with Gasteiger partial charge in [0.15, 0.2) is 0 Å². The number of benzene rings is 1. The van der Waals surface area contributed by atoms with Gasteiger partial charge in [0.1, 0.15) is 16.9 Å². The van der Waals surface area contributed by atoms with E-state index < -0.39 is 42.2 Å². The van der Waals surface area contributed by atoms with Crippen LogP contribution in [0.25, 0.3) is 10.9 Å². The summed E-state index contributed by atoms with van der Waals surface area (Å²) in [5.41, 5.74) is -6.10. The van der Waals surface area contributed by atoms with Crippen LogP contribution in [0.5, 0.6) is 5.75 Å². The number of hydrogen-bond acceptors (Lipinski definition) is 4. The molecule has 1 amide bonds. The number of hydrogen-bond donors (Lipinski definition) is 1. The summed E-state index contributed by atoms with van der Waals surface area (Å²) in [6, 6.07) is 4.74. The zero-order valence-electron chi connectivity index (χ0n) is 16.3. The standard InChI is InChI=1S/C19H19BrF4N2O4/c1-4-30-16(28)18(21)9-26(8-17(18,2)19(22,23)24)15(27)13-7-11-12(25-13)5-10(20)6-14(11)29-3/h5-7,25H,4,8-9H2,1-3H3. The summed E-state index contributed by atoms with van der Waals surface area (Å²) < 4.78 is 67.3. The van der Waals surface area contributed by atoms with Gasteiger partial charge in [0.05, 0.1) is 25.8 Å². The summed E-state index contributed by atoms with van der Waals surface area (Å²) in [6.07, 6.45) is -5.09. The highest BCUT2D eigenvalue weighted by molar-refractivity contribution is 9.10. The van der Waals surface area contributed by atoms with Crippen LogP contribution in [0.1, 0.15) is 24.3 Å². The predicted molar refractivity (Wildman–Crippen MR) is 103 cm³/mol. The summed E-state index contributed by atoms with van der Waals surface area (Å²) in [5, 5.41) is 0.527. The van der Waals surface area contributed by atoms with Gasteiger partial charge in [-0.2, -0.15) is 13.2 Å². The highest BCUT2D eigenvalue weighted by atomic mass is 79.9. The van der Waals surface area contributed by atoms with Crippen molar-refractivity contribution in [3.8, 4) is 5.75 Å². The Morgan fingerprint density at radius 2 is 1.93 bits per heavy atom. The van der Waals surface area contributed by atoms with Gasteiger partial charge in [0, 0.05) is 16.4 Å². The van der Waals surface area contributed by atoms with Crippen molar-refractivity contribution in [2.45, 2.75) is 25.7 Å². The van der Waals surface area contributed by atoms with Crippen LogP contribution in [0.2, 0.25) is 0 Å². The fourth-order valence-electron chi connectivity index (χ4n) is 3.62. The summed E-state index contributed by atoms with van der Waals surface area (Å²) in [5.74, 6) is -2.08. The van der Waals surface area contributed by atoms with Gasteiger partial charge in [-0.25, -0.2) is 9.18 Å². The first kappa shape index (κ1) is 22.4. The van der Waals surface area contributed by atoms with Crippen molar-refractivity contribution in [2.24, 2.45) is 5.41 Å². The highest BCUT2D eigenvalue weighted by Gasteiger charge is 2.74. The number of likely N-dealkylation sites (tertiary alicyclic amines) is 1. The second kappa shape index (κ2) is 7.44. The van der Waals surface area contributed by atoms with Crippen LogP contribution in [0, 0.1) is 5.41 Å². The first-order valence-electron chi connectivity index (χ1n) is 8.96. The van der Waals surface area contributed by atoms with Crippen LogP contribution in [-0.2, 0) is 9.53 Å². The Kier molecular flexibility index (Phi) is 5.55. The smallest absolute Gasteiger partial charge is 0.399 e. The Morgan fingerprint density at radius 3 is 2.50 bits per heavy atom. The number of halogens is 5. The number of aromatic amines is 1. The molecular formula is C19H19BrF4N2O4. The number of nitrogens with one attached hydrogen (secondary N) is 1. The van der Waals surface area contributed by atoms with E-state index in [0.29, 0.717) is 32.9 Å². The van der Waals surface area contributed by atoms with Gasteiger partial charge in [0.25, 0.3) is 5.91 Å². The lowest BCUT2D eigenvalue weighted by Gasteiger charge is -2.35. The average molecular weight is 495 g/mol. The molecule has 1 aliphatic rings. The van der Waals surface area contributed by atoms with E-state index >= 15 is 4.39 Å². The summed E-state index contributed by atoms with van der Waals surface area (Å²) in [4.78, 5) is 28.6. The molecule has 1 aromatic heterocycles. The fraction of sp³-hybridized carbons (Fsp3) is 0.474. The maximum Gasteiger partial charge on any atom is 0.399 e. The van der Waals surface area contributed by atoms with Crippen molar-refractivity contribution in [2.75, 3.05) is 26.8 Å². The number of alkyl halides is 4. The lowest BCUT2D eigenvalue weighted by molar-refractivity contribution is -0.249. The maximum absolute atomic E-state index is 15.5. The number of methoxy groups -OCH3 is 1. The SMILES string of the molecule is CCOC(=O)C1(F)CN(C(=O)c2cc3c(OC)cc(Br)cc3[nH]2)CC1(C)C(F)(F)F. The normalized spacial score (nSPS) is 24.3. The molecule has 2 aromatic rings. The van der Waals surface area contributed by atoms with Gasteiger partial charge < -0.3 is 19.4 Å². The third-order valence-corrected chi connectivity index (χ3v) is 5.88. The molecule has 6 nitrogen and oxygen atoms in total. The van der Waals surface area contributed by atoms with E-state index in [4.69, 9.17) is 4.74 Å². The molecule has 0 aliphatic carbocycles. The van der Waals surface area contributed by atoms with Crippen molar-refractivity contribution in [3.05, 3.63) is 28.4 Å². The molecule has 0 radical (unpaired) electrons. The van der Waals surface area contributed by atoms with Crippen molar-refractivity contribution in [1.82, 2.24) is 9.88 Å². The molecule has 164 valence electrons. The van der Waals surface area contributed by atoms with E-state index in [1.165, 1.54) is 20.1 Å². The van der Waals surface area contributed by atoms with E-state index in [-0.39, 0.29) is 12.3 Å². The van der Waals surface area contributed by atoms with Crippen molar-refractivity contribution < 1.29 is 36.6 Å². The van der Waals surface area contributed by atoms with Crippen LogP contribution in [0.3, 0.4) is 0 Å². The average Bonchev–Trinajstić information content (AvgIpc) is 3.20. The van der Waals surface area contributed by atoms with Crippen molar-refractivity contribution in [3.63, 3.8) is 0 Å². The topological polar surface area (TPSA) is 71.6 Å². The van der Waals surface area contributed by atoms with Crippen LogP contribution < -0.4 is 4.74 Å². The Morgan fingerprint density at radius 1 is 1.27 bits per heavy atom. The zero-order valence-corrected chi connectivity index (χ0v) is 17.9. The van der Waals surface area contributed by atoms with Crippen molar-refractivity contribution in [1.29, 1.82) is 0 Å². The molecule has 0 spiro atoms. The maximum atomic E-state index is 15.5. The monoisotopic (exact) mass is 494 g/mol. The molecule has 2 heterocycles. The minimum absolute atomic E-state index is 0.0565. The Balaban J connectivity index is 2.01. The largest absolute Gasteiger partial charge is 0.496 e. The molecular weight excluding hydrogens is 476 g/mol. The molecule has 1 N–H and O–H groups in total. The van der Waals surface area contributed by atoms with Crippen LogP contribution in [0.4, 0.5) is 17.6 Å². The summed E-state index contributed by atoms with van der Waals surface area (Å²) in [6.45, 7) is -0.441. The van der Waals surface area contributed by atoms with E-state index in [9.17, 15) is 22.8 Å². The first-order valence-corrected chi connectivity index (χ1v) is 9.75. The zero-order chi connectivity index (χ0) is 22.5. The van der Waals surface area contributed by atoms with E-state index in [1.54, 1.807) is 12.1 Å². The molecule has 11 heteroatoms. The molecule has 1 fully saturated rings. The number of esters is 1. The number of carbonyl (C=O) groups is 2. The third-order valence-electron chi connectivity index (χ3n) is 5.42. The Hall–Kier alpha value is -2.30. The van der Waals surface area contributed by atoms with Crippen LogP contribution >= 0.6 is 15.9 Å². The second-order valence-corrected chi connectivity index (χ2v) is 8.18. The van der Waals surface area contributed by atoms with Gasteiger partial charge in [-0.15, -0.1) is 0 Å². The summed E-state index contributed by atoms with van der Waals surface area (Å²) in [7, 11) is 1.43. The molecule has 0 bridgehead atoms. The van der Waals surface area contributed by atoms with Gasteiger partial charge >= 0.3 is 12.1 Å². The number of amides is 1. The minimum atomic E-state index is -5.09. The van der Waals surface area contributed by atoms with Gasteiger partial charge in [0.2, 0.25) is 5.67 Å². The fourth-order valence-corrected chi connectivity index (χ4v) is 4.06. The van der Waals surface area contributed by atoms with Crippen molar-refractivity contribution >= 4 is 38.7 Å². The highest BCUT2D eigenvalue weighted by Crippen LogP contribution is 2.53. The van der Waals surface area contributed by atoms with Gasteiger partial charge in [-0.1, -0.05) is 15.9 Å². The van der Waals surface area contributed by atoms with Crippen LogP contribution in [0.15, 0.2) is 22.7 Å². The lowest BCUT2D eigenvalue weighted by atomic mass is 9.76. The molecule has 2 unspecified atom stereocenters. The molecule has 2 atom stereocenters. The molecule has 30 heavy (non-hydrogen) atoms. The second-order valence-electron chi connectivity index (χ2n) is 7.27. The molecule has 1 saturated heterocycles. The number of fused-ring (bicyclic) bond motifs is 1. The molecule has 0 saturated carbocycles. The number of rotatable bonds is 4. The number of H-pyrrole nitrogens is 1. The molecule has 3 rings (SSSR count).